The molecule has 1 aromatic rings. The van der Waals surface area contributed by atoms with E-state index >= 15 is 0 Å². The molecule has 0 amide bonds. The number of nitrogen functional groups attached to an aromatic ring is 1. The fourth-order valence-electron chi connectivity index (χ4n) is 2.15. The average molecular weight is 278 g/mol. The number of anilines is 1. The number of nitrogens with two attached hydrogens (primary N) is 1. The van der Waals surface area contributed by atoms with Crippen molar-refractivity contribution in [3.8, 4) is 0 Å². The van der Waals surface area contributed by atoms with Crippen LogP contribution in [0.3, 0.4) is 0 Å². The SMILES string of the molecule is C[As](C)C1CC=C(c2cccc(N)n2)CC1. The molecule has 0 bridgehead atoms. The van der Waals surface area contributed by atoms with E-state index in [9.17, 15) is 0 Å². The van der Waals surface area contributed by atoms with Crippen molar-refractivity contribution in [1.82, 2.24) is 4.98 Å². The standard InChI is InChI=1S/C13H19AsN2/c1-14(2)11-8-6-10(7-9-11)12-4-3-5-13(15)16-12/h3-6,11H,7-9H2,1-2H3,(H2,15,16). The molecule has 2 N–H and O–H groups in total. The summed E-state index contributed by atoms with van der Waals surface area (Å²) in [5, 5.41) is 0. The molecule has 0 saturated carbocycles. The van der Waals surface area contributed by atoms with Crippen LogP contribution in [-0.2, 0) is 0 Å². The second kappa shape index (κ2) is 5.05. The maximum absolute atomic E-state index is 5.71. The molecule has 16 heavy (non-hydrogen) atoms. The topological polar surface area (TPSA) is 38.9 Å². The first-order valence-corrected chi connectivity index (χ1v) is 10.6. The molecule has 0 aliphatic heterocycles. The fraction of sp³-hybridized carbons (Fsp3) is 0.462. The zero-order valence-corrected chi connectivity index (χ0v) is 11.9. The Kier molecular flexibility index (Phi) is 3.70. The zero-order valence-electron chi connectivity index (χ0n) is 9.98. The number of rotatable bonds is 2. The van der Waals surface area contributed by atoms with Crippen LogP contribution in [0.25, 0.3) is 5.57 Å². The van der Waals surface area contributed by atoms with Gasteiger partial charge in [0, 0.05) is 0 Å². The van der Waals surface area contributed by atoms with Gasteiger partial charge in [-0.1, -0.05) is 0 Å². The van der Waals surface area contributed by atoms with Gasteiger partial charge >= 0.3 is 102 Å². The van der Waals surface area contributed by atoms with Gasteiger partial charge < -0.3 is 0 Å². The minimum absolute atomic E-state index is 0.535. The molecule has 0 saturated heterocycles. The van der Waals surface area contributed by atoms with Crippen molar-refractivity contribution in [3.63, 3.8) is 0 Å². The molecule has 1 aliphatic rings. The number of aromatic nitrogens is 1. The normalized spacial score (nSPS) is 20.9. The Morgan fingerprint density at radius 3 is 2.75 bits per heavy atom. The Morgan fingerprint density at radius 1 is 1.38 bits per heavy atom. The molecule has 1 unspecified atom stereocenters. The third-order valence-electron chi connectivity index (χ3n) is 3.21. The maximum atomic E-state index is 5.71. The molecule has 0 radical (unpaired) electrons. The van der Waals surface area contributed by atoms with Crippen LogP contribution in [-0.4, -0.2) is 19.6 Å². The van der Waals surface area contributed by atoms with E-state index in [-0.39, 0.29) is 0 Å². The van der Waals surface area contributed by atoms with E-state index in [1.807, 2.05) is 12.1 Å². The van der Waals surface area contributed by atoms with Crippen LogP contribution in [0.2, 0.25) is 16.1 Å². The summed E-state index contributed by atoms with van der Waals surface area (Å²) in [6.07, 6.45) is 6.15. The molecule has 1 heterocycles. The predicted octanol–water partition coefficient (Wildman–Crippen LogP) is 3.36. The number of hydrogen-bond acceptors (Lipinski definition) is 2. The molecule has 86 valence electrons. The van der Waals surface area contributed by atoms with E-state index < -0.39 is 14.7 Å². The van der Waals surface area contributed by atoms with Crippen molar-refractivity contribution in [1.29, 1.82) is 0 Å². The summed E-state index contributed by atoms with van der Waals surface area (Å²) in [6.45, 7) is 0. The third kappa shape index (κ3) is 2.68. The molecular weight excluding hydrogens is 259 g/mol. The van der Waals surface area contributed by atoms with E-state index in [4.69, 9.17) is 5.73 Å². The van der Waals surface area contributed by atoms with Crippen LogP contribution in [0, 0.1) is 0 Å². The predicted molar refractivity (Wildman–Crippen MR) is 71.7 cm³/mol. The Balaban J connectivity index is 2.13. The summed E-state index contributed by atoms with van der Waals surface area (Å²) >= 11 is -0.535. The van der Waals surface area contributed by atoms with Gasteiger partial charge in [0.05, 0.1) is 0 Å². The molecule has 1 atom stereocenters. The van der Waals surface area contributed by atoms with Crippen LogP contribution in [0.5, 0.6) is 0 Å². The van der Waals surface area contributed by atoms with E-state index in [0.717, 1.165) is 10.4 Å². The van der Waals surface area contributed by atoms with Gasteiger partial charge in [0.2, 0.25) is 0 Å². The minimum atomic E-state index is -0.535. The van der Waals surface area contributed by atoms with Crippen LogP contribution in [0.1, 0.15) is 25.0 Å². The van der Waals surface area contributed by atoms with Gasteiger partial charge in [0.25, 0.3) is 0 Å². The average Bonchev–Trinajstić information content (AvgIpc) is 2.29. The molecule has 1 aromatic heterocycles. The van der Waals surface area contributed by atoms with Gasteiger partial charge in [-0.2, -0.15) is 0 Å². The molecule has 0 spiro atoms. The van der Waals surface area contributed by atoms with Gasteiger partial charge in [-0.15, -0.1) is 0 Å². The van der Waals surface area contributed by atoms with Gasteiger partial charge in [-0.3, -0.25) is 0 Å². The van der Waals surface area contributed by atoms with Crippen LogP contribution in [0.15, 0.2) is 24.3 Å². The Labute approximate surface area is 102 Å². The number of pyridine rings is 1. The van der Waals surface area contributed by atoms with Crippen LogP contribution < -0.4 is 5.73 Å². The van der Waals surface area contributed by atoms with Gasteiger partial charge in [-0.05, 0) is 0 Å². The van der Waals surface area contributed by atoms with Crippen molar-refractivity contribution in [3.05, 3.63) is 30.0 Å². The molecule has 0 aromatic carbocycles. The van der Waals surface area contributed by atoms with E-state index in [1.165, 1.54) is 24.8 Å². The summed E-state index contributed by atoms with van der Waals surface area (Å²) in [7, 11) is 0. The fourth-order valence-corrected chi connectivity index (χ4v) is 4.61. The number of allylic oxidation sites excluding steroid dienone is 2. The monoisotopic (exact) mass is 278 g/mol. The Hall–Kier alpha value is -0.752. The molecule has 3 heteroatoms. The van der Waals surface area contributed by atoms with Gasteiger partial charge in [0.15, 0.2) is 0 Å². The second-order valence-electron chi connectivity index (χ2n) is 4.57. The third-order valence-corrected chi connectivity index (χ3v) is 7.26. The van der Waals surface area contributed by atoms with Crippen LogP contribution in [0.4, 0.5) is 5.82 Å². The Morgan fingerprint density at radius 2 is 2.19 bits per heavy atom. The summed E-state index contributed by atoms with van der Waals surface area (Å²) in [5.41, 5.74) is 13.1. The van der Waals surface area contributed by atoms with E-state index in [1.54, 1.807) is 0 Å². The quantitative estimate of drug-likeness (QED) is 0.842. The van der Waals surface area contributed by atoms with Crippen molar-refractivity contribution in [2.24, 2.45) is 0 Å². The molecule has 2 nitrogen and oxygen atoms in total. The first kappa shape index (κ1) is 11.7. The number of hydrogen-bond donors (Lipinski definition) is 1. The van der Waals surface area contributed by atoms with Crippen molar-refractivity contribution in [2.45, 2.75) is 35.4 Å². The zero-order chi connectivity index (χ0) is 11.5. The van der Waals surface area contributed by atoms with E-state index in [0.29, 0.717) is 5.82 Å². The van der Waals surface area contributed by atoms with Gasteiger partial charge in [0.1, 0.15) is 0 Å². The molecule has 0 fully saturated rings. The van der Waals surface area contributed by atoms with Gasteiger partial charge in [-0.25, -0.2) is 0 Å². The van der Waals surface area contributed by atoms with Crippen LogP contribution >= 0.6 is 0 Å². The summed E-state index contributed by atoms with van der Waals surface area (Å²) in [5.74, 6) is 0.624. The summed E-state index contributed by atoms with van der Waals surface area (Å²) in [4.78, 5) is 4.39. The first-order valence-electron chi connectivity index (χ1n) is 5.75. The summed E-state index contributed by atoms with van der Waals surface area (Å²) < 4.78 is 0.984. The molecular formula is C13H19AsN2. The van der Waals surface area contributed by atoms with E-state index in [2.05, 4.69) is 28.5 Å². The Bertz CT molecular complexity index is 399. The van der Waals surface area contributed by atoms with Crippen molar-refractivity contribution >= 4 is 26.0 Å². The van der Waals surface area contributed by atoms with Crippen molar-refractivity contribution in [2.75, 3.05) is 5.73 Å². The van der Waals surface area contributed by atoms with Crippen molar-refractivity contribution < 1.29 is 0 Å². The number of nitrogens with zero attached hydrogens (tertiary/aromatic N) is 1. The summed E-state index contributed by atoms with van der Waals surface area (Å²) in [6, 6.07) is 5.90. The second-order valence-corrected chi connectivity index (χ2v) is 10.1. The molecule has 2 rings (SSSR count). The molecule has 1 aliphatic carbocycles. The first-order chi connectivity index (χ1) is 7.66.